The number of benzene rings is 1. The van der Waals surface area contributed by atoms with Crippen LogP contribution in [-0.4, -0.2) is 18.6 Å². The Morgan fingerprint density at radius 2 is 2.17 bits per heavy atom. The first kappa shape index (κ1) is 13.5. The lowest BCUT2D eigenvalue weighted by Gasteiger charge is -2.25. The Balaban J connectivity index is 1.93. The summed E-state index contributed by atoms with van der Waals surface area (Å²) in [4.78, 5) is 11.7. The molecule has 1 aliphatic carbocycles. The highest BCUT2D eigenvalue weighted by atomic mass is 35.5. The standard InChI is InChI=1S/C12H14Cl2N2O2/c13-7-4-9(14)12(10(15)5-7)16-11(17)6-18-8-2-1-3-8/h4-5,8H,1-3,6,15H2,(H,16,17). The third-order valence-electron chi connectivity index (χ3n) is 2.85. The zero-order valence-electron chi connectivity index (χ0n) is 9.71. The van der Waals surface area contributed by atoms with Gasteiger partial charge in [0.05, 0.1) is 22.5 Å². The zero-order chi connectivity index (χ0) is 13.1. The van der Waals surface area contributed by atoms with Crippen molar-refractivity contribution in [2.24, 2.45) is 0 Å². The number of rotatable bonds is 4. The van der Waals surface area contributed by atoms with Gasteiger partial charge in [-0.3, -0.25) is 4.79 Å². The first-order valence-corrected chi connectivity index (χ1v) is 6.48. The summed E-state index contributed by atoms with van der Waals surface area (Å²) in [7, 11) is 0. The molecule has 0 unspecified atom stereocenters. The van der Waals surface area contributed by atoms with Gasteiger partial charge in [0.15, 0.2) is 0 Å². The Kier molecular flexibility index (Phi) is 4.32. The number of hydrogen-bond acceptors (Lipinski definition) is 3. The van der Waals surface area contributed by atoms with Crippen molar-refractivity contribution in [3.8, 4) is 0 Å². The van der Waals surface area contributed by atoms with E-state index in [1.807, 2.05) is 0 Å². The van der Waals surface area contributed by atoms with E-state index in [2.05, 4.69) is 5.32 Å². The molecule has 3 N–H and O–H groups in total. The van der Waals surface area contributed by atoms with Crippen LogP contribution in [0.1, 0.15) is 19.3 Å². The topological polar surface area (TPSA) is 64.3 Å². The first-order chi connectivity index (χ1) is 8.56. The monoisotopic (exact) mass is 288 g/mol. The Bertz CT molecular complexity index is 438. The van der Waals surface area contributed by atoms with Gasteiger partial charge in [-0.05, 0) is 31.4 Å². The van der Waals surface area contributed by atoms with Gasteiger partial charge in [-0.15, -0.1) is 0 Å². The summed E-state index contributed by atoms with van der Waals surface area (Å²) in [5, 5.41) is 3.38. The number of nitrogen functional groups attached to an aromatic ring is 1. The number of ether oxygens (including phenoxy) is 1. The van der Waals surface area contributed by atoms with Crippen LogP contribution in [0.5, 0.6) is 0 Å². The number of halogens is 2. The van der Waals surface area contributed by atoms with Crippen LogP contribution in [0.15, 0.2) is 12.1 Å². The zero-order valence-corrected chi connectivity index (χ0v) is 11.2. The maximum Gasteiger partial charge on any atom is 0.250 e. The normalized spacial score (nSPS) is 15.2. The van der Waals surface area contributed by atoms with Crippen LogP contribution in [0.25, 0.3) is 0 Å². The molecule has 1 aromatic carbocycles. The van der Waals surface area contributed by atoms with Crippen LogP contribution in [0.4, 0.5) is 11.4 Å². The van der Waals surface area contributed by atoms with Crippen LogP contribution in [0, 0.1) is 0 Å². The molecule has 0 spiro atoms. The van der Waals surface area contributed by atoms with Crippen molar-refractivity contribution in [3.05, 3.63) is 22.2 Å². The molecule has 0 aliphatic heterocycles. The van der Waals surface area contributed by atoms with Gasteiger partial charge in [0.1, 0.15) is 6.61 Å². The molecule has 0 heterocycles. The van der Waals surface area contributed by atoms with E-state index >= 15 is 0 Å². The quantitative estimate of drug-likeness (QED) is 0.837. The Morgan fingerprint density at radius 1 is 1.44 bits per heavy atom. The third-order valence-corrected chi connectivity index (χ3v) is 3.37. The first-order valence-electron chi connectivity index (χ1n) is 5.72. The minimum absolute atomic E-state index is 0.0169. The largest absolute Gasteiger partial charge is 0.397 e. The SMILES string of the molecule is Nc1cc(Cl)cc(Cl)c1NC(=O)COC1CCC1. The molecular weight excluding hydrogens is 275 g/mol. The van der Waals surface area contributed by atoms with E-state index in [9.17, 15) is 4.79 Å². The number of anilines is 2. The van der Waals surface area contributed by atoms with Crippen LogP contribution in [0.2, 0.25) is 10.0 Å². The van der Waals surface area contributed by atoms with E-state index in [-0.39, 0.29) is 18.6 Å². The number of hydrogen-bond donors (Lipinski definition) is 2. The Morgan fingerprint density at radius 3 is 2.72 bits per heavy atom. The average molecular weight is 289 g/mol. The van der Waals surface area contributed by atoms with E-state index in [0.29, 0.717) is 21.4 Å². The second-order valence-corrected chi connectivity index (χ2v) is 5.11. The molecular formula is C12H14Cl2N2O2. The lowest BCUT2D eigenvalue weighted by Crippen LogP contribution is -2.27. The van der Waals surface area contributed by atoms with Gasteiger partial charge >= 0.3 is 0 Å². The molecule has 0 atom stereocenters. The summed E-state index contributed by atoms with van der Waals surface area (Å²) in [5.41, 5.74) is 6.45. The smallest absolute Gasteiger partial charge is 0.250 e. The molecule has 0 saturated heterocycles. The van der Waals surface area contributed by atoms with Crippen LogP contribution >= 0.6 is 23.2 Å². The minimum Gasteiger partial charge on any atom is -0.397 e. The second kappa shape index (κ2) is 5.78. The highest BCUT2D eigenvalue weighted by Crippen LogP contribution is 2.32. The number of carbonyl (C=O) groups excluding carboxylic acids is 1. The van der Waals surface area contributed by atoms with Crippen molar-refractivity contribution < 1.29 is 9.53 Å². The van der Waals surface area contributed by atoms with Crippen molar-refractivity contribution >= 4 is 40.5 Å². The third kappa shape index (κ3) is 3.28. The average Bonchev–Trinajstić information content (AvgIpc) is 2.21. The lowest BCUT2D eigenvalue weighted by molar-refractivity contribution is -0.124. The van der Waals surface area contributed by atoms with Crippen molar-refractivity contribution in [1.82, 2.24) is 0 Å². The van der Waals surface area contributed by atoms with Crippen LogP contribution in [0.3, 0.4) is 0 Å². The Hall–Kier alpha value is -0.970. The summed E-state index contributed by atoms with van der Waals surface area (Å²) < 4.78 is 5.39. The van der Waals surface area contributed by atoms with Crippen LogP contribution in [-0.2, 0) is 9.53 Å². The number of nitrogens with two attached hydrogens (primary N) is 1. The molecule has 1 aliphatic rings. The minimum atomic E-state index is -0.266. The highest BCUT2D eigenvalue weighted by Gasteiger charge is 2.19. The van der Waals surface area contributed by atoms with E-state index in [1.165, 1.54) is 18.6 Å². The lowest BCUT2D eigenvalue weighted by atomic mass is 9.96. The molecule has 4 nitrogen and oxygen atoms in total. The van der Waals surface area contributed by atoms with Gasteiger partial charge in [0.25, 0.3) is 0 Å². The highest BCUT2D eigenvalue weighted by molar-refractivity contribution is 6.37. The van der Waals surface area contributed by atoms with Crippen molar-refractivity contribution in [2.75, 3.05) is 17.7 Å². The van der Waals surface area contributed by atoms with Crippen molar-refractivity contribution in [3.63, 3.8) is 0 Å². The van der Waals surface area contributed by atoms with Gasteiger partial charge in [-0.1, -0.05) is 23.2 Å². The molecule has 1 amide bonds. The summed E-state index contributed by atoms with van der Waals surface area (Å²) in [5.74, 6) is -0.266. The van der Waals surface area contributed by atoms with Gasteiger partial charge < -0.3 is 15.8 Å². The number of nitrogens with one attached hydrogen (secondary N) is 1. The molecule has 1 saturated carbocycles. The molecule has 6 heteroatoms. The maximum atomic E-state index is 11.7. The summed E-state index contributed by atoms with van der Waals surface area (Å²) >= 11 is 11.7. The van der Waals surface area contributed by atoms with E-state index in [1.54, 1.807) is 0 Å². The second-order valence-electron chi connectivity index (χ2n) is 4.26. The number of carbonyl (C=O) groups is 1. The molecule has 0 aromatic heterocycles. The van der Waals surface area contributed by atoms with Crippen LogP contribution < -0.4 is 11.1 Å². The van der Waals surface area contributed by atoms with Crippen molar-refractivity contribution in [2.45, 2.75) is 25.4 Å². The fourth-order valence-electron chi connectivity index (χ4n) is 1.63. The van der Waals surface area contributed by atoms with Gasteiger partial charge in [-0.25, -0.2) is 0 Å². The van der Waals surface area contributed by atoms with E-state index in [4.69, 9.17) is 33.7 Å². The Labute approximate surface area is 115 Å². The van der Waals surface area contributed by atoms with E-state index < -0.39 is 0 Å². The maximum absolute atomic E-state index is 11.7. The fraction of sp³-hybridized carbons (Fsp3) is 0.417. The van der Waals surface area contributed by atoms with Crippen molar-refractivity contribution in [1.29, 1.82) is 0 Å². The summed E-state index contributed by atoms with van der Waals surface area (Å²) in [6.07, 6.45) is 3.44. The predicted octanol–water partition coefficient (Wildman–Crippen LogP) is 3.08. The fourth-order valence-corrected chi connectivity index (χ4v) is 2.19. The van der Waals surface area contributed by atoms with Gasteiger partial charge in [0, 0.05) is 5.02 Å². The predicted molar refractivity (Wildman–Crippen MR) is 73.1 cm³/mol. The van der Waals surface area contributed by atoms with Gasteiger partial charge in [0.2, 0.25) is 5.91 Å². The molecule has 2 rings (SSSR count). The summed E-state index contributed by atoms with van der Waals surface area (Å²) in [6, 6.07) is 3.07. The number of amides is 1. The molecule has 98 valence electrons. The molecule has 0 radical (unpaired) electrons. The molecule has 18 heavy (non-hydrogen) atoms. The van der Waals surface area contributed by atoms with E-state index in [0.717, 1.165) is 12.8 Å². The van der Waals surface area contributed by atoms with Gasteiger partial charge in [-0.2, -0.15) is 0 Å². The molecule has 0 bridgehead atoms. The molecule has 1 aromatic rings. The summed E-state index contributed by atoms with van der Waals surface area (Å²) in [6.45, 7) is 0.0169. The molecule has 1 fully saturated rings.